The van der Waals surface area contributed by atoms with Crippen LogP contribution in [0, 0.1) is 0 Å². The molecule has 92 valence electrons. The van der Waals surface area contributed by atoms with Gasteiger partial charge in [0.2, 0.25) is 11.8 Å². The number of amides is 2. The molecule has 4 N–H and O–H groups in total. The SMILES string of the molecule is CCc1ccc(C(CC(N)=O)CC(N)=O)cc1. The second kappa shape index (κ2) is 6.03. The van der Waals surface area contributed by atoms with Crippen LogP contribution < -0.4 is 11.5 Å². The average molecular weight is 234 g/mol. The predicted octanol–water partition coefficient (Wildman–Crippen LogP) is 1.08. The maximum atomic E-state index is 11.0. The van der Waals surface area contributed by atoms with Gasteiger partial charge in [0.15, 0.2) is 0 Å². The lowest BCUT2D eigenvalue weighted by molar-refractivity contribution is -0.119. The summed E-state index contributed by atoms with van der Waals surface area (Å²) in [7, 11) is 0. The van der Waals surface area contributed by atoms with Gasteiger partial charge in [-0.05, 0) is 17.5 Å². The quantitative estimate of drug-likeness (QED) is 0.771. The molecule has 0 spiro atoms. The maximum absolute atomic E-state index is 11.0. The van der Waals surface area contributed by atoms with Crippen LogP contribution in [0.5, 0.6) is 0 Å². The van der Waals surface area contributed by atoms with E-state index in [9.17, 15) is 9.59 Å². The third-order valence-electron chi connectivity index (χ3n) is 2.75. The van der Waals surface area contributed by atoms with Crippen molar-refractivity contribution in [3.8, 4) is 0 Å². The van der Waals surface area contributed by atoms with Gasteiger partial charge >= 0.3 is 0 Å². The Hall–Kier alpha value is -1.84. The molecule has 0 aromatic heterocycles. The van der Waals surface area contributed by atoms with Crippen LogP contribution in [-0.2, 0) is 16.0 Å². The fourth-order valence-electron chi connectivity index (χ4n) is 1.82. The van der Waals surface area contributed by atoms with E-state index in [0.29, 0.717) is 0 Å². The van der Waals surface area contributed by atoms with E-state index in [4.69, 9.17) is 11.5 Å². The third kappa shape index (κ3) is 4.26. The fraction of sp³-hybridized carbons (Fsp3) is 0.385. The maximum Gasteiger partial charge on any atom is 0.218 e. The first-order chi connectivity index (χ1) is 8.02. The molecule has 0 fully saturated rings. The first-order valence-corrected chi connectivity index (χ1v) is 5.68. The summed E-state index contributed by atoms with van der Waals surface area (Å²) in [5.74, 6) is -1.05. The Kier molecular flexibility index (Phi) is 4.69. The molecule has 0 radical (unpaired) electrons. The van der Waals surface area contributed by atoms with Crippen molar-refractivity contribution in [3.63, 3.8) is 0 Å². The second-order valence-electron chi connectivity index (χ2n) is 4.13. The Morgan fingerprint density at radius 2 is 1.53 bits per heavy atom. The first kappa shape index (κ1) is 13.2. The van der Waals surface area contributed by atoms with E-state index in [0.717, 1.165) is 12.0 Å². The van der Waals surface area contributed by atoms with Crippen LogP contribution in [0.4, 0.5) is 0 Å². The van der Waals surface area contributed by atoms with Gasteiger partial charge in [0.1, 0.15) is 0 Å². The molecule has 0 aliphatic carbocycles. The van der Waals surface area contributed by atoms with E-state index in [-0.39, 0.29) is 18.8 Å². The Morgan fingerprint density at radius 1 is 1.06 bits per heavy atom. The van der Waals surface area contributed by atoms with Crippen LogP contribution in [0.2, 0.25) is 0 Å². The van der Waals surface area contributed by atoms with E-state index in [1.54, 1.807) is 0 Å². The lowest BCUT2D eigenvalue weighted by Gasteiger charge is -2.14. The van der Waals surface area contributed by atoms with Crippen LogP contribution in [0.25, 0.3) is 0 Å². The third-order valence-corrected chi connectivity index (χ3v) is 2.75. The van der Waals surface area contributed by atoms with Gasteiger partial charge in [-0.15, -0.1) is 0 Å². The highest BCUT2D eigenvalue weighted by atomic mass is 16.1. The minimum Gasteiger partial charge on any atom is -0.370 e. The molecule has 0 saturated heterocycles. The molecule has 0 aliphatic rings. The summed E-state index contributed by atoms with van der Waals surface area (Å²) in [6.07, 6.45) is 1.25. The van der Waals surface area contributed by atoms with Gasteiger partial charge in [-0.2, -0.15) is 0 Å². The number of hydrogen-bond acceptors (Lipinski definition) is 2. The molecule has 1 rings (SSSR count). The zero-order valence-electron chi connectivity index (χ0n) is 9.98. The van der Waals surface area contributed by atoms with Crippen molar-refractivity contribution in [1.82, 2.24) is 0 Å². The molecule has 4 nitrogen and oxygen atoms in total. The highest BCUT2D eigenvalue weighted by Gasteiger charge is 2.16. The van der Waals surface area contributed by atoms with Crippen LogP contribution >= 0.6 is 0 Å². The van der Waals surface area contributed by atoms with Gasteiger partial charge in [0.25, 0.3) is 0 Å². The molecule has 1 aromatic carbocycles. The zero-order valence-corrected chi connectivity index (χ0v) is 9.98. The van der Waals surface area contributed by atoms with E-state index < -0.39 is 11.8 Å². The molecular formula is C13H18N2O2. The summed E-state index contributed by atoms with van der Waals surface area (Å²) in [6.45, 7) is 2.07. The van der Waals surface area contributed by atoms with Crippen molar-refractivity contribution in [1.29, 1.82) is 0 Å². The lowest BCUT2D eigenvalue weighted by Crippen LogP contribution is -2.20. The lowest BCUT2D eigenvalue weighted by atomic mass is 9.91. The van der Waals surface area contributed by atoms with E-state index in [2.05, 4.69) is 6.92 Å². The van der Waals surface area contributed by atoms with Gasteiger partial charge in [-0.1, -0.05) is 31.2 Å². The number of nitrogens with two attached hydrogens (primary N) is 2. The van der Waals surface area contributed by atoms with Crippen LogP contribution in [0.1, 0.15) is 36.8 Å². The molecule has 0 bridgehead atoms. The molecular weight excluding hydrogens is 216 g/mol. The van der Waals surface area contributed by atoms with Gasteiger partial charge < -0.3 is 11.5 Å². The minimum absolute atomic E-state index is 0.147. The topological polar surface area (TPSA) is 86.2 Å². The number of aryl methyl sites for hydroxylation is 1. The molecule has 0 aliphatic heterocycles. The number of benzene rings is 1. The Bertz CT molecular complexity index is 382. The van der Waals surface area contributed by atoms with E-state index in [1.807, 2.05) is 24.3 Å². The summed E-state index contributed by atoms with van der Waals surface area (Å²) in [5, 5.41) is 0. The zero-order chi connectivity index (χ0) is 12.8. The molecule has 1 aromatic rings. The van der Waals surface area contributed by atoms with Gasteiger partial charge in [-0.25, -0.2) is 0 Å². The first-order valence-electron chi connectivity index (χ1n) is 5.68. The molecule has 2 amide bonds. The van der Waals surface area contributed by atoms with Crippen LogP contribution in [0.15, 0.2) is 24.3 Å². The molecule has 0 heterocycles. The number of hydrogen-bond donors (Lipinski definition) is 2. The second-order valence-corrected chi connectivity index (χ2v) is 4.13. The average Bonchev–Trinajstić information content (AvgIpc) is 2.27. The Labute approximate surface area is 101 Å². The van der Waals surface area contributed by atoms with Crippen molar-refractivity contribution in [2.75, 3.05) is 0 Å². The highest BCUT2D eigenvalue weighted by molar-refractivity contribution is 5.78. The molecule has 0 atom stereocenters. The van der Waals surface area contributed by atoms with Crippen molar-refractivity contribution in [2.45, 2.75) is 32.1 Å². The Morgan fingerprint density at radius 3 is 1.88 bits per heavy atom. The smallest absolute Gasteiger partial charge is 0.218 e. The van der Waals surface area contributed by atoms with Crippen molar-refractivity contribution >= 4 is 11.8 Å². The van der Waals surface area contributed by atoms with Gasteiger partial charge in [0.05, 0.1) is 0 Å². The van der Waals surface area contributed by atoms with E-state index >= 15 is 0 Å². The van der Waals surface area contributed by atoms with Gasteiger partial charge in [0, 0.05) is 18.8 Å². The van der Waals surface area contributed by atoms with Crippen molar-refractivity contribution in [3.05, 3.63) is 35.4 Å². The number of rotatable bonds is 6. The van der Waals surface area contributed by atoms with E-state index in [1.165, 1.54) is 5.56 Å². The summed E-state index contributed by atoms with van der Waals surface area (Å²) in [5.41, 5.74) is 12.5. The normalized spacial score (nSPS) is 10.5. The molecule has 17 heavy (non-hydrogen) atoms. The van der Waals surface area contributed by atoms with Crippen LogP contribution in [-0.4, -0.2) is 11.8 Å². The summed E-state index contributed by atoms with van der Waals surface area (Å²) < 4.78 is 0. The summed E-state index contributed by atoms with van der Waals surface area (Å²) in [6, 6.07) is 7.83. The molecule has 0 saturated carbocycles. The standard InChI is InChI=1S/C13H18N2O2/c1-2-9-3-5-10(6-4-9)11(7-12(14)16)8-13(15)17/h3-6,11H,2,7-8H2,1H3,(H2,14,16)(H2,15,17). The monoisotopic (exact) mass is 234 g/mol. The number of carbonyl (C=O) groups is 2. The summed E-state index contributed by atoms with van der Waals surface area (Å²) in [4.78, 5) is 21.9. The minimum atomic E-state index is -0.421. The Balaban J connectivity index is 2.86. The van der Waals surface area contributed by atoms with Crippen LogP contribution in [0.3, 0.4) is 0 Å². The molecule has 0 unspecified atom stereocenters. The van der Waals surface area contributed by atoms with Crippen molar-refractivity contribution < 1.29 is 9.59 Å². The number of carbonyl (C=O) groups excluding carboxylic acids is 2. The van der Waals surface area contributed by atoms with Crippen molar-refractivity contribution in [2.24, 2.45) is 11.5 Å². The summed E-state index contributed by atoms with van der Waals surface area (Å²) >= 11 is 0. The molecule has 4 heteroatoms. The van der Waals surface area contributed by atoms with Gasteiger partial charge in [-0.3, -0.25) is 9.59 Å². The predicted molar refractivity (Wildman–Crippen MR) is 66.2 cm³/mol. The number of primary amides is 2. The fourth-order valence-corrected chi connectivity index (χ4v) is 1.82. The highest BCUT2D eigenvalue weighted by Crippen LogP contribution is 2.23. The largest absolute Gasteiger partial charge is 0.370 e.